The van der Waals surface area contributed by atoms with Crippen molar-refractivity contribution in [3.05, 3.63) is 0 Å². The highest BCUT2D eigenvalue weighted by Crippen LogP contribution is 2.35. The lowest BCUT2D eigenvalue weighted by atomic mass is 9.78. The second-order valence-corrected chi connectivity index (χ2v) is 4.94. The van der Waals surface area contributed by atoms with Gasteiger partial charge in [0.1, 0.15) is 0 Å². The first kappa shape index (κ1) is 12.5. The Labute approximate surface area is 92.8 Å². The number of hydrogen-bond acceptors (Lipinski definition) is 2. The molecule has 1 fully saturated rings. The van der Waals surface area contributed by atoms with Gasteiger partial charge in [-0.15, -0.1) is 0 Å². The van der Waals surface area contributed by atoms with Crippen molar-refractivity contribution in [3.8, 4) is 0 Å². The van der Waals surface area contributed by atoms with E-state index in [4.69, 9.17) is 4.74 Å². The van der Waals surface area contributed by atoms with Crippen LogP contribution >= 0.6 is 0 Å². The molecule has 1 aliphatic rings. The lowest BCUT2D eigenvalue weighted by molar-refractivity contribution is -0.143. The molecule has 3 heteroatoms. The smallest absolute Gasteiger partial charge is 0.219 e. The van der Waals surface area contributed by atoms with Gasteiger partial charge in [-0.05, 0) is 25.7 Å². The molecule has 1 rings (SSSR count). The fourth-order valence-electron chi connectivity index (χ4n) is 2.66. The fraction of sp³-hybridized carbons (Fsp3) is 0.917. The van der Waals surface area contributed by atoms with Gasteiger partial charge in [-0.2, -0.15) is 0 Å². The first-order valence-corrected chi connectivity index (χ1v) is 5.75. The Morgan fingerprint density at radius 3 is 2.47 bits per heavy atom. The number of piperidine rings is 1. The lowest BCUT2D eigenvalue weighted by Gasteiger charge is -2.46. The van der Waals surface area contributed by atoms with Gasteiger partial charge in [0.05, 0.1) is 5.60 Å². The molecule has 15 heavy (non-hydrogen) atoms. The van der Waals surface area contributed by atoms with Crippen LogP contribution in [0, 0.1) is 5.92 Å². The minimum absolute atomic E-state index is 0.0363. The summed E-state index contributed by atoms with van der Waals surface area (Å²) in [7, 11) is 1.79. The van der Waals surface area contributed by atoms with Crippen LogP contribution in [0.25, 0.3) is 0 Å². The summed E-state index contributed by atoms with van der Waals surface area (Å²) in [4.78, 5) is 13.3. The molecule has 3 nitrogen and oxygen atoms in total. The number of hydrogen-bond donors (Lipinski definition) is 0. The van der Waals surface area contributed by atoms with Crippen molar-refractivity contribution in [1.29, 1.82) is 0 Å². The molecule has 1 amide bonds. The molecule has 1 saturated heterocycles. The summed E-state index contributed by atoms with van der Waals surface area (Å²) in [6, 6.07) is 0.290. The maximum atomic E-state index is 11.4. The van der Waals surface area contributed by atoms with Crippen molar-refractivity contribution in [1.82, 2.24) is 4.90 Å². The van der Waals surface area contributed by atoms with Crippen LogP contribution in [-0.2, 0) is 9.53 Å². The van der Waals surface area contributed by atoms with Crippen molar-refractivity contribution in [3.63, 3.8) is 0 Å². The van der Waals surface area contributed by atoms with Crippen LogP contribution in [0.1, 0.15) is 40.5 Å². The Balaban J connectivity index is 2.75. The van der Waals surface area contributed by atoms with E-state index in [1.165, 1.54) is 0 Å². The molecule has 1 heterocycles. The highest BCUT2D eigenvalue weighted by Gasteiger charge is 2.41. The molecule has 0 aromatic rings. The summed E-state index contributed by atoms with van der Waals surface area (Å²) in [6.07, 6.45) is 1.89. The zero-order chi connectivity index (χ0) is 11.6. The van der Waals surface area contributed by atoms with Crippen molar-refractivity contribution < 1.29 is 9.53 Å². The van der Waals surface area contributed by atoms with Crippen LogP contribution in [-0.4, -0.2) is 36.1 Å². The van der Waals surface area contributed by atoms with E-state index in [1.807, 2.05) is 4.90 Å². The quantitative estimate of drug-likeness (QED) is 0.702. The third-order valence-corrected chi connectivity index (χ3v) is 3.81. The van der Waals surface area contributed by atoms with E-state index in [0.717, 1.165) is 19.4 Å². The lowest BCUT2D eigenvalue weighted by Crippen LogP contribution is -2.54. The van der Waals surface area contributed by atoms with E-state index >= 15 is 0 Å². The highest BCUT2D eigenvalue weighted by atomic mass is 16.5. The van der Waals surface area contributed by atoms with Crippen LogP contribution in [0.15, 0.2) is 0 Å². The van der Waals surface area contributed by atoms with E-state index in [0.29, 0.717) is 12.0 Å². The molecule has 0 spiro atoms. The first-order valence-electron chi connectivity index (χ1n) is 5.75. The minimum Gasteiger partial charge on any atom is -0.378 e. The van der Waals surface area contributed by atoms with Gasteiger partial charge < -0.3 is 9.64 Å². The Hall–Kier alpha value is -0.570. The molecular formula is C12H23NO2. The summed E-state index contributed by atoms with van der Waals surface area (Å²) in [5, 5.41) is 0. The highest BCUT2D eigenvalue weighted by molar-refractivity contribution is 5.73. The number of methoxy groups -OCH3 is 1. The van der Waals surface area contributed by atoms with Crippen molar-refractivity contribution in [2.45, 2.75) is 52.2 Å². The van der Waals surface area contributed by atoms with Gasteiger partial charge in [0.2, 0.25) is 5.91 Å². The van der Waals surface area contributed by atoms with Crippen LogP contribution < -0.4 is 0 Å². The number of carbonyl (C=O) groups excluding carboxylic acids is 1. The van der Waals surface area contributed by atoms with Crippen LogP contribution in [0.2, 0.25) is 0 Å². The third kappa shape index (κ3) is 2.33. The molecule has 0 saturated carbocycles. The van der Waals surface area contributed by atoms with Gasteiger partial charge in [0.15, 0.2) is 0 Å². The zero-order valence-corrected chi connectivity index (χ0v) is 10.5. The molecule has 0 aromatic carbocycles. The molecule has 0 radical (unpaired) electrons. The summed E-state index contributed by atoms with van der Waals surface area (Å²) in [6.45, 7) is 8.96. The second kappa shape index (κ2) is 4.52. The van der Waals surface area contributed by atoms with E-state index in [1.54, 1.807) is 14.0 Å². The summed E-state index contributed by atoms with van der Waals surface area (Å²) in [5.74, 6) is 0.676. The van der Waals surface area contributed by atoms with Crippen LogP contribution in [0.4, 0.5) is 0 Å². The maximum absolute atomic E-state index is 11.4. The SMILES string of the molecule is COC1(C(C)C)CCN(C(C)=O)C(C)C1. The van der Waals surface area contributed by atoms with Crippen LogP contribution in [0.3, 0.4) is 0 Å². The standard InChI is InChI=1S/C12H23NO2/c1-9(2)12(15-5)6-7-13(11(4)14)10(3)8-12/h9-10H,6-8H2,1-5H3. The van der Waals surface area contributed by atoms with Gasteiger partial charge in [0, 0.05) is 26.6 Å². The molecule has 2 unspecified atom stereocenters. The van der Waals surface area contributed by atoms with E-state index in [9.17, 15) is 4.79 Å². The number of ether oxygens (including phenoxy) is 1. The third-order valence-electron chi connectivity index (χ3n) is 3.81. The Morgan fingerprint density at radius 1 is 1.53 bits per heavy atom. The van der Waals surface area contributed by atoms with Gasteiger partial charge >= 0.3 is 0 Å². The zero-order valence-electron chi connectivity index (χ0n) is 10.5. The summed E-state index contributed by atoms with van der Waals surface area (Å²) >= 11 is 0. The molecule has 0 aromatic heterocycles. The Kier molecular flexibility index (Phi) is 3.77. The number of nitrogens with zero attached hydrogens (tertiary/aromatic N) is 1. The normalized spacial score (nSPS) is 32.1. The molecule has 88 valence electrons. The number of carbonyl (C=O) groups is 1. The maximum Gasteiger partial charge on any atom is 0.219 e. The monoisotopic (exact) mass is 213 g/mol. The minimum atomic E-state index is -0.0363. The molecule has 0 aliphatic carbocycles. The molecule has 0 N–H and O–H groups in total. The number of likely N-dealkylation sites (tertiary alicyclic amines) is 1. The predicted octanol–water partition coefficient (Wildman–Crippen LogP) is 2.06. The largest absolute Gasteiger partial charge is 0.378 e. The van der Waals surface area contributed by atoms with E-state index in [2.05, 4.69) is 20.8 Å². The molecular weight excluding hydrogens is 190 g/mol. The Morgan fingerprint density at radius 2 is 2.13 bits per heavy atom. The topological polar surface area (TPSA) is 29.5 Å². The van der Waals surface area contributed by atoms with Gasteiger partial charge in [0.25, 0.3) is 0 Å². The van der Waals surface area contributed by atoms with Crippen molar-refractivity contribution in [2.75, 3.05) is 13.7 Å². The first-order chi connectivity index (χ1) is 6.93. The predicted molar refractivity (Wildman–Crippen MR) is 60.7 cm³/mol. The molecule has 2 atom stereocenters. The summed E-state index contributed by atoms with van der Waals surface area (Å²) < 4.78 is 5.70. The summed E-state index contributed by atoms with van der Waals surface area (Å²) in [5.41, 5.74) is -0.0363. The Bertz CT molecular complexity index is 240. The van der Waals surface area contributed by atoms with E-state index in [-0.39, 0.29) is 11.5 Å². The van der Waals surface area contributed by atoms with Gasteiger partial charge in [-0.25, -0.2) is 0 Å². The van der Waals surface area contributed by atoms with Crippen LogP contribution in [0.5, 0.6) is 0 Å². The number of rotatable bonds is 2. The van der Waals surface area contributed by atoms with E-state index < -0.39 is 0 Å². The van der Waals surface area contributed by atoms with Crippen molar-refractivity contribution >= 4 is 5.91 Å². The number of amides is 1. The molecule has 1 aliphatic heterocycles. The average Bonchev–Trinajstić information content (AvgIpc) is 2.16. The van der Waals surface area contributed by atoms with Gasteiger partial charge in [-0.3, -0.25) is 4.79 Å². The fourth-order valence-corrected chi connectivity index (χ4v) is 2.66. The second-order valence-electron chi connectivity index (χ2n) is 4.94. The van der Waals surface area contributed by atoms with Gasteiger partial charge in [-0.1, -0.05) is 13.8 Å². The average molecular weight is 213 g/mol. The molecule has 0 bridgehead atoms. The van der Waals surface area contributed by atoms with Crippen molar-refractivity contribution in [2.24, 2.45) is 5.92 Å².